The van der Waals surface area contributed by atoms with Gasteiger partial charge in [0.05, 0.1) is 0 Å². The molecule has 0 saturated carbocycles. The van der Waals surface area contributed by atoms with Gasteiger partial charge in [0.25, 0.3) is 0 Å². The van der Waals surface area contributed by atoms with Gasteiger partial charge in [0.15, 0.2) is 0 Å². The van der Waals surface area contributed by atoms with Crippen LogP contribution in [0.3, 0.4) is 0 Å². The lowest BCUT2D eigenvalue weighted by Gasteiger charge is -2.16. The summed E-state index contributed by atoms with van der Waals surface area (Å²) in [5.41, 5.74) is 7.69. The number of halogens is 1. The van der Waals surface area contributed by atoms with Crippen molar-refractivity contribution >= 4 is 27.5 Å². The first-order chi connectivity index (χ1) is 8.02. The van der Waals surface area contributed by atoms with E-state index in [-0.39, 0.29) is 5.91 Å². The second-order valence-corrected chi connectivity index (χ2v) is 4.87. The van der Waals surface area contributed by atoms with Crippen LogP contribution in [0.5, 0.6) is 0 Å². The van der Waals surface area contributed by atoms with E-state index < -0.39 is 0 Å². The number of carbonyl (C=O) groups is 1. The van der Waals surface area contributed by atoms with Crippen molar-refractivity contribution in [3.05, 3.63) is 28.2 Å². The van der Waals surface area contributed by atoms with E-state index in [0.29, 0.717) is 6.42 Å². The fourth-order valence-corrected chi connectivity index (χ4v) is 1.75. The van der Waals surface area contributed by atoms with Gasteiger partial charge in [-0.1, -0.05) is 6.07 Å². The second kappa shape index (κ2) is 6.61. The Balaban J connectivity index is 2.47. The van der Waals surface area contributed by atoms with E-state index in [1.54, 1.807) is 7.05 Å². The Labute approximate surface area is 110 Å². The van der Waals surface area contributed by atoms with Crippen molar-refractivity contribution in [2.75, 3.05) is 26.4 Å². The van der Waals surface area contributed by atoms with Gasteiger partial charge in [-0.05, 0) is 40.7 Å². The van der Waals surface area contributed by atoms with E-state index in [1.807, 2.05) is 25.2 Å². The van der Waals surface area contributed by atoms with Crippen molar-refractivity contribution in [3.8, 4) is 0 Å². The number of rotatable bonds is 5. The summed E-state index contributed by atoms with van der Waals surface area (Å²) in [6, 6.07) is 5.91. The number of amides is 1. The molecule has 1 aromatic carbocycles. The maximum atomic E-state index is 11.1. The van der Waals surface area contributed by atoms with Crippen LogP contribution in [0.2, 0.25) is 0 Å². The van der Waals surface area contributed by atoms with Gasteiger partial charge in [0.2, 0.25) is 5.91 Å². The third-order valence-corrected chi connectivity index (χ3v) is 3.23. The van der Waals surface area contributed by atoms with Crippen molar-refractivity contribution in [2.24, 2.45) is 0 Å². The smallest absolute Gasteiger partial charge is 0.221 e. The van der Waals surface area contributed by atoms with Gasteiger partial charge in [-0.25, -0.2) is 0 Å². The number of nitrogens with two attached hydrogens (primary N) is 1. The number of carbonyl (C=O) groups excluding carboxylic acids is 1. The minimum absolute atomic E-state index is 0.0622. The molecule has 0 aromatic heterocycles. The molecule has 0 unspecified atom stereocenters. The van der Waals surface area contributed by atoms with Gasteiger partial charge in [-0.2, -0.15) is 0 Å². The Bertz CT molecular complexity index is 395. The number of hydrogen-bond acceptors (Lipinski definition) is 3. The lowest BCUT2D eigenvalue weighted by Crippen LogP contribution is -2.26. The monoisotopic (exact) mass is 299 g/mol. The summed E-state index contributed by atoms with van der Waals surface area (Å²) < 4.78 is 0.911. The van der Waals surface area contributed by atoms with Crippen LogP contribution in [0.15, 0.2) is 22.7 Å². The summed E-state index contributed by atoms with van der Waals surface area (Å²) in [5.74, 6) is 0.0622. The quantitative estimate of drug-likeness (QED) is 0.812. The minimum Gasteiger partial charge on any atom is -0.398 e. The molecule has 5 heteroatoms. The van der Waals surface area contributed by atoms with Crippen LogP contribution in [0.4, 0.5) is 5.69 Å². The molecule has 0 saturated heterocycles. The number of hydrogen-bond donors (Lipinski definition) is 2. The van der Waals surface area contributed by atoms with Crippen LogP contribution in [-0.4, -0.2) is 31.4 Å². The second-order valence-electron chi connectivity index (χ2n) is 4.02. The molecule has 0 radical (unpaired) electrons. The standard InChI is InChI=1S/C12H18BrN3O/c1-15-12(17)5-6-16(2)8-9-3-4-10(13)11(14)7-9/h3-4,7H,5-6,8,14H2,1-2H3,(H,15,17). The molecule has 3 N–H and O–H groups in total. The molecule has 1 rings (SSSR count). The van der Waals surface area contributed by atoms with Crippen LogP contribution < -0.4 is 11.1 Å². The topological polar surface area (TPSA) is 58.4 Å². The lowest BCUT2D eigenvalue weighted by atomic mass is 10.2. The van der Waals surface area contributed by atoms with Gasteiger partial charge >= 0.3 is 0 Å². The van der Waals surface area contributed by atoms with E-state index in [0.717, 1.165) is 28.8 Å². The van der Waals surface area contributed by atoms with E-state index in [2.05, 4.69) is 26.1 Å². The zero-order chi connectivity index (χ0) is 12.8. The van der Waals surface area contributed by atoms with Gasteiger partial charge in [-0.3, -0.25) is 4.79 Å². The first-order valence-corrected chi connectivity index (χ1v) is 6.25. The number of anilines is 1. The Morgan fingerprint density at radius 1 is 1.53 bits per heavy atom. The maximum absolute atomic E-state index is 11.1. The largest absolute Gasteiger partial charge is 0.398 e. The molecule has 94 valence electrons. The van der Waals surface area contributed by atoms with Gasteiger partial charge in [0, 0.05) is 36.7 Å². The molecular weight excluding hydrogens is 282 g/mol. The van der Waals surface area contributed by atoms with Crippen molar-refractivity contribution in [2.45, 2.75) is 13.0 Å². The average molecular weight is 300 g/mol. The summed E-state index contributed by atoms with van der Waals surface area (Å²) in [6.07, 6.45) is 0.513. The molecule has 0 fully saturated rings. The van der Waals surface area contributed by atoms with E-state index >= 15 is 0 Å². The number of nitrogens with zero attached hydrogens (tertiary/aromatic N) is 1. The van der Waals surface area contributed by atoms with E-state index in [9.17, 15) is 4.79 Å². The zero-order valence-electron chi connectivity index (χ0n) is 10.2. The van der Waals surface area contributed by atoms with Crippen LogP contribution in [0, 0.1) is 0 Å². The summed E-state index contributed by atoms with van der Waals surface area (Å²) in [4.78, 5) is 13.2. The van der Waals surface area contributed by atoms with Crippen LogP contribution in [0.1, 0.15) is 12.0 Å². The number of nitrogen functional groups attached to an aromatic ring is 1. The fraction of sp³-hybridized carbons (Fsp3) is 0.417. The predicted octanol–water partition coefficient (Wildman–Crippen LogP) is 1.60. The third kappa shape index (κ3) is 4.75. The number of nitrogens with one attached hydrogen (secondary N) is 1. The first-order valence-electron chi connectivity index (χ1n) is 5.46. The highest BCUT2D eigenvalue weighted by Crippen LogP contribution is 2.20. The minimum atomic E-state index is 0.0622. The fourth-order valence-electron chi connectivity index (χ4n) is 1.50. The Morgan fingerprint density at radius 2 is 2.24 bits per heavy atom. The first kappa shape index (κ1) is 14.0. The van der Waals surface area contributed by atoms with Crippen LogP contribution >= 0.6 is 15.9 Å². The molecule has 0 bridgehead atoms. The molecule has 17 heavy (non-hydrogen) atoms. The Morgan fingerprint density at radius 3 is 2.82 bits per heavy atom. The van der Waals surface area contributed by atoms with E-state index in [1.165, 1.54) is 0 Å². The van der Waals surface area contributed by atoms with Crippen molar-refractivity contribution in [1.29, 1.82) is 0 Å². The van der Waals surface area contributed by atoms with Gasteiger partial charge in [0.1, 0.15) is 0 Å². The van der Waals surface area contributed by atoms with Crippen molar-refractivity contribution in [3.63, 3.8) is 0 Å². The summed E-state index contributed by atoms with van der Waals surface area (Å²) in [6.45, 7) is 1.52. The SMILES string of the molecule is CNC(=O)CCN(C)Cc1ccc(Br)c(N)c1. The third-order valence-electron chi connectivity index (χ3n) is 2.51. The molecular formula is C12H18BrN3O. The van der Waals surface area contributed by atoms with Gasteiger partial charge < -0.3 is 16.0 Å². The van der Waals surface area contributed by atoms with Gasteiger partial charge in [-0.15, -0.1) is 0 Å². The Hall–Kier alpha value is -1.07. The molecule has 1 aromatic rings. The molecule has 0 heterocycles. The maximum Gasteiger partial charge on any atom is 0.221 e. The summed E-state index contributed by atoms with van der Waals surface area (Å²) >= 11 is 3.36. The lowest BCUT2D eigenvalue weighted by molar-refractivity contribution is -0.120. The molecule has 0 aliphatic heterocycles. The highest BCUT2D eigenvalue weighted by atomic mass is 79.9. The number of benzene rings is 1. The molecule has 0 aliphatic carbocycles. The summed E-state index contributed by atoms with van der Waals surface area (Å²) in [7, 11) is 3.64. The molecule has 1 amide bonds. The molecule has 0 atom stereocenters. The highest BCUT2D eigenvalue weighted by molar-refractivity contribution is 9.10. The molecule has 0 aliphatic rings. The normalized spacial score (nSPS) is 10.6. The van der Waals surface area contributed by atoms with Crippen molar-refractivity contribution < 1.29 is 4.79 Å². The van der Waals surface area contributed by atoms with Crippen molar-refractivity contribution in [1.82, 2.24) is 10.2 Å². The molecule has 0 spiro atoms. The Kier molecular flexibility index (Phi) is 5.44. The van der Waals surface area contributed by atoms with Crippen LogP contribution in [0.25, 0.3) is 0 Å². The summed E-state index contributed by atoms with van der Waals surface area (Å²) in [5, 5.41) is 2.61. The zero-order valence-corrected chi connectivity index (χ0v) is 11.8. The molecule has 4 nitrogen and oxygen atoms in total. The highest BCUT2D eigenvalue weighted by Gasteiger charge is 2.05. The predicted molar refractivity (Wildman–Crippen MR) is 73.6 cm³/mol. The van der Waals surface area contributed by atoms with E-state index in [4.69, 9.17) is 5.73 Å². The van der Waals surface area contributed by atoms with Crippen LogP contribution in [-0.2, 0) is 11.3 Å². The average Bonchev–Trinajstić information content (AvgIpc) is 2.31.